The molecule has 4 aromatic rings. The van der Waals surface area contributed by atoms with Gasteiger partial charge < -0.3 is 0 Å². The van der Waals surface area contributed by atoms with Crippen LogP contribution in [0.1, 0.15) is 22.4 Å². The van der Waals surface area contributed by atoms with Crippen LogP contribution in [0.4, 0.5) is 8.78 Å². The molecule has 0 radical (unpaired) electrons. The Kier molecular flexibility index (Phi) is 3.98. The highest BCUT2D eigenvalue weighted by Crippen LogP contribution is 2.43. The summed E-state index contributed by atoms with van der Waals surface area (Å²) in [6.45, 7) is 0. The van der Waals surface area contributed by atoms with Crippen LogP contribution in [0.25, 0.3) is 16.6 Å². The van der Waals surface area contributed by atoms with E-state index in [2.05, 4.69) is 16.3 Å². The van der Waals surface area contributed by atoms with E-state index in [1.807, 2.05) is 53.9 Å². The van der Waals surface area contributed by atoms with Gasteiger partial charge in [0.2, 0.25) is 0 Å². The number of fused-ring (bicyclic) bond motifs is 1. The van der Waals surface area contributed by atoms with Crippen molar-refractivity contribution < 1.29 is 8.78 Å². The highest BCUT2D eigenvalue weighted by atomic mass is 32.1. The van der Waals surface area contributed by atoms with Crippen LogP contribution < -0.4 is 0 Å². The predicted molar refractivity (Wildman–Crippen MR) is 108 cm³/mol. The first-order chi connectivity index (χ1) is 13.7. The molecule has 2 aromatic heterocycles. The molecule has 0 bridgehead atoms. The number of thiophene rings is 1. The molecule has 2 heterocycles. The molecule has 0 spiro atoms. The van der Waals surface area contributed by atoms with Crippen molar-refractivity contribution in [3.63, 3.8) is 0 Å². The summed E-state index contributed by atoms with van der Waals surface area (Å²) in [5.74, 6) is -1.68. The van der Waals surface area contributed by atoms with E-state index in [1.54, 1.807) is 17.4 Å². The molecule has 1 aliphatic rings. The van der Waals surface area contributed by atoms with E-state index >= 15 is 0 Å². The SMILES string of the molecule is Fc1ccc(C2(c3ccccc3)C=Cc3c(-c4cccs4)n[nH]c3C2)cc1F. The zero-order valence-corrected chi connectivity index (χ0v) is 15.6. The zero-order valence-electron chi connectivity index (χ0n) is 14.8. The number of H-pyrrole nitrogens is 1. The molecule has 5 heteroatoms. The smallest absolute Gasteiger partial charge is 0.159 e. The minimum absolute atomic E-state index is 0.590. The second kappa shape index (κ2) is 6.53. The Labute approximate surface area is 165 Å². The van der Waals surface area contributed by atoms with Crippen molar-refractivity contribution in [1.29, 1.82) is 0 Å². The summed E-state index contributed by atoms with van der Waals surface area (Å²) in [5.41, 5.74) is 4.11. The second-order valence-electron chi connectivity index (χ2n) is 6.92. The fourth-order valence-electron chi connectivity index (χ4n) is 3.94. The zero-order chi connectivity index (χ0) is 19.1. The molecule has 0 fully saturated rings. The Bertz CT molecular complexity index is 1160. The van der Waals surface area contributed by atoms with Gasteiger partial charge in [-0.1, -0.05) is 54.6 Å². The first kappa shape index (κ1) is 17.1. The lowest BCUT2D eigenvalue weighted by Crippen LogP contribution is -2.30. The number of benzene rings is 2. The summed E-state index contributed by atoms with van der Waals surface area (Å²) >= 11 is 1.64. The van der Waals surface area contributed by atoms with Crippen molar-refractivity contribution in [2.75, 3.05) is 0 Å². The molecular formula is C23H16F2N2S. The average Bonchev–Trinajstić information content (AvgIpc) is 3.39. The van der Waals surface area contributed by atoms with E-state index in [-0.39, 0.29) is 0 Å². The number of aromatic nitrogens is 2. The topological polar surface area (TPSA) is 28.7 Å². The van der Waals surface area contributed by atoms with Crippen molar-refractivity contribution >= 4 is 17.4 Å². The van der Waals surface area contributed by atoms with E-state index in [0.29, 0.717) is 12.0 Å². The number of allylic oxidation sites excluding steroid dienone is 1. The van der Waals surface area contributed by atoms with Gasteiger partial charge in [-0.25, -0.2) is 8.78 Å². The fraction of sp³-hybridized carbons (Fsp3) is 0.0870. The molecule has 1 atom stereocenters. The lowest BCUT2D eigenvalue weighted by atomic mass is 9.68. The van der Waals surface area contributed by atoms with E-state index in [0.717, 1.165) is 27.4 Å². The normalized spacial score (nSPS) is 18.2. The first-order valence-electron chi connectivity index (χ1n) is 8.99. The van der Waals surface area contributed by atoms with Gasteiger partial charge >= 0.3 is 0 Å². The lowest BCUT2D eigenvalue weighted by molar-refractivity contribution is 0.502. The van der Waals surface area contributed by atoms with Crippen LogP contribution in [0, 0.1) is 11.6 Å². The Morgan fingerprint density at radius 3 is 2.54 bits per heavy atom. The molecule has 1 unspecified atom stereocenters. The molecule has 5 rings (SSSR count). The number of hydrogen-bond donors (Lipinski definition) is 1. The quantitative estimate of drug-likeness (QED) is 0.459. The number of nitrogens with zero attached hydrogens (tertiary/aromatic N) is 1. The van der Waals surface area contributed by atoms with E-state index in [9.17, 15) is 8.78 Å². The fourth-order valence-corrected chi connectivity index (χ4v) is 4.67. The van der Waals surface area contributed by atoms with Crippen LogP contribution in [0.5, 0.6) is 0 Å². The van der Waals surface area contributed by atoms with Gasteiger partial charge in [0.15, 0.2) is 11.6 Å². The molecule has 0 amide bonds. The maximum Gasteiger partial charge on any atom is 0.159 e. The minimum Gasteiger partial charge on any atom is -0.281 e. The first-order valence-corrected chi connectivity index (χ1v) is 9.87. The molecule has 1 aliphatic carbocycles. The molecular weight excluding hydrogens is 374 g/mol. The number of nitrogens with one attached hydrogen (secondary N) is 1. The number of halogens is 2. The third-order valence-corrected chi connectivity index (χ3v) is 6.23. The Morgan fingerprint density at radius 1 is 0.929 bits per heavy atom. The average molecular weight is 390 g/mol. The lowest BCUT2D eigenvalue weighted by Gasteiger charge is -2.34. The van der Waals surface area contributed by atoms with Gasteiger partial charge in [0.1, 0.15) is 5.69 Å². The number of rotatable bonds is 3. The summed E-state index contributed by atoms with van der Waals surface area (Å²) in [5, 5.41) is 9.72. The van der Waals surface area contributed by atoms with Crippen molar-refractivity contribution in [2.24, 2.45) is 0 Å². The van der Waals surface area contributed by atoms with Gasteiger partial charge in [0.25, 0.3) is 0 Å². The van der Waals surface area contributed by atoms with Gasteiger partial charge in [-0.2, -0.15) is 5.10 Å². The van der Waals surface area contributed by atoms with Crippen molar-refractivity contribution in [2.45, 2.75) is 11.8 Å². The van der Waals surface area contributed by atoms with Crippen LogP contribution in [0.2, 0.25) is 0 Å². The van der Waals surface area contributed by atoms with Crippen molar-refractivity contribution in [1.82, 2.24) is 10.2 Å². The molecule has 2 nitrogen and oxygen atoms in total. The van der Waals surface area contributed by atoms with Crippen LogP contribution in [0.3, 0.4) is 0 Å². The molecule has 0 aliphatic heterocycles. The standard InChI is InChI=1S/C23H16F2N2S/c24-18-9-8-16(13-19(18)25)23(15-5-2-1-3-6-15)11-10-17-20(14-23)26-27-22(17)21-7-4-12-28-21/h1-13H,14H2,(H,26,27). The summed E-state index contributed by atoms with van der Waals surface area (Å²) in [4.78, 5) is 1.10. The predicted octanol–water partition coefficient (Wildman–Crippen LogP) is 5.97. The van der Waals surface area contributed by atoms with E-state index < -0.39 is 17.0 Å². The summed E-state index contributed by atoms with van der Waals surface area (Å²) in [6, 6.07) is 18.1. The third kappa shape index (κ3) is 2.62. The summed E-state index contributed by atoms with van der Waals surface area (Å²) in [7, 11) is 0. The van der Waals surface area contributed by atoms with Gasteiger partial charge in [-0.15, -0.1) is 11.3 Å². The highest BCUT2D eigenvalue weighted by Gasteiger charge is 2.37. The molecule has 1 N–H and O–H groups in total. The monoisotopic (exact) mass is 390 g/mol. The van der Waals surface area contributed by atoms with Crippen LogP contribution in [-0.2, 0) is 11.8 Å². The maximum atomic E-state index is 14.1. The molecule has 28 heavy (non-hydrogen) atoms. The van der Waals surface area contributed by atoms with Gasteiger partial charge in [0, 0.05) is 23.1 Å². The van der Waals surface area contributed by atoms with Gasteiger partial charge in [-0.05, 0) is 34.7 Å². The molecule has 138 valence electrons. The van der Waals surface area contributed by atoms with Gasteiger partial charge in [0.05, 0.1) is 4.88 Å². The second-order valence-corrected chi connectivity index (χ2v) is 7.87. The largest absolute Gasteiger partial charge is 0.281 e. The molecule has 0 saturated heterocycles. The third-order valence-electron chi connectivity index (χ3n) is 5.35. The van der Waals surface area contributed by atoms with Crippen LogP contribution in [0.15, 0.2) is 72.1 Å². The number of aromatic amines is 1. The minimum atomic E-state index is -0.839. The Hall–Kier alpha value is -3.05. The summed E-state index contributed by atoms with van der Waals surface area (Å²) < 4.78 is 27.7. The highest BCUT2D eigenvalue weighted by molar-refractivity contribution is 7.13. The maximum absolute atomic E-state index is 14.1. The van der Waals surface area contributed by atoms with Crippen molar-refractivity contribution in [3.05, 3.63) is 106 Å². The van der Waals surface area contributed by atoms with E-state index in [4.69, 9.17) is 0 Å². The van der Waals surface area contributed by atoms with Crippen molar-refractivity contribution in [3.8, 4) is 10.6 Å². The Morgan fingerprint density at radius 2 is 1.79 bits per heavy atom. The van der Waals surface area contributed by atoms with Gasteiger partial charge in [-0.3, -0.25) is 5.10 Å². The Balaban J connectivity index is 1.68. The number of hydrogen-bond acceptors (Lipinski definition) is 2. The summed E-state index contributed by atoms with van der Waals surface area (Å²) in [6.07, 6.45) is 4.72. The van der Waals surface area contributed by atoms with E-state index in [1.165, 1.54) is 12.1 Å². The van der Waals surface area contributed by atoms with Crippen LogP contribution in [-0.4, -0.2) is 10.2 Å². The molecule has 2 aromatic carbocycles. The molecule has 0 saturated carbocycles. The van der Waals surface area contributed by atoms with Crippen LogP contribution >= 0.6 is 11.3 Å².